The summed E-state index contributed by atoms with van der Waals surface area (Å²) in [6, 6.07) is 0. The summed E-state index contributed by atoms with van der Waals surface area (Å²) in [5, 5.41) is 0. The first kappa shape index (κ1) is 17.7. The SMILES string of the molecule is O=CC(F)C(F)(F)C=O.O=CC(F)C(F)C=O. The lowest BCUT2D eigenvalue weighted by molar-refractivity contribution is -0.144. The highest BCUT2D eigenvalue weighted by molar-refractivity contribution is 5.71. The minimum Gasteiger partial charge on any atom is -0.300 e. The molecule has 0 aliphatic rings. The van der Waals surface area contributed by atoms with Crippen LogP contribution >= 0.6 is 0 Å². The largest absolute Gasteiger partial charge is 0.339 e. The summed E-state index contributed by atoms with van der Waals surface area (Å²) in [6.07, 6.45) is -9.63. The molecule has 0 aliphatic heterocycles. The van der Waals surface area contributed by atoms with E-state index in [-0.39, 0.29) is 12.6 Å². The van der Waals surface area contributed by atoms with E-state index in [9.17, 15) is 41.1 Å². The van der Waals surface area contributed by atoms with E-state index in [0.29, 0.717) is 0 Å². The predicted octanol–water partition coefficient (Wildman–Crippen LogP) is 0.418. The van der Waals surface area contributed by atoms with Crippen molar-refractivity contribution in [3.05, 3.63) is 0 Å². The summed E-state index contributed by atoms with van der Waals surface area (Å²) in [5.41, 5.74) is 0. The molecule has 0 spiro atoms. The van der Waals surface area contributed by atoms with Crippen LogP contribution in [0.5, 0.6) is 0 Å². The van der Waals surface area contributed by atoms with Gasteiger partial charge in [0.2, 0.25) is 6.17 Å². The van der Waals surface area contributed by atoms with Crippen molar-refractivity contribution in [2.75, 3.05) is 0 Å². The van der Waals surface area contributed by atoms with Gasteiger partial charge in [-0.15, -0.1) is 0 Å². The van der Waals surface area contributed by atoms with Crippen LogP contribution in [0.4, 0.5) is 22.0 Å². The average molecular weight is 262 g/mol. The lowest BCUT2D eigenvalue weighted by Gasteiger charge is -2.06. The highest BCUT2D eigenvalue weighted by Gasteiger charge is 2.39. The van der Waals surface area contributed by atoms with Crippen LogP contribution in [0.25, 0.3) is 0 Å². The highest BCUT2D eigenvalue weighted by atomic mass is 19.3. The molecule has 3 unspecified atom stereocenters. The molecule has 0 heterocycles. The minimum atomic E-state index is -4.16. The third kappa shape index (κ3) is 7.25. The second-order valence-corrected chi connectivity index (χ2v) is 2.49. The molecule has 0 fully saturated rings. The topological polar surface area (TPSA) is 68.3 Å². The Labute approximate surface area is 91.8 Å². The molecule has 0 aromatic rings. The maximum absolute atomic E-state index is 11.6. The van der Waals surface area contributed by atoms with Crippen LogP contribution < -0.4 is 0 Å². The molecular formula is C8H7F5O4. The standard InChI is InChI=1S/C4H3F3O2.C4H4F2O2/c5-3(1-8)4(6,7)2-9;5-3(1-7)4(6)2-8/h1-3H;1-4H. The number of aldehydes is 4. The van der Waals surface area contributed by atoms with Crippen molar-refractivity contribution in [3.8, 4) is 0 Å². The highest BCUT2D eigenvalue weighted by Crippen LogP contribution is 2.16. The summed E-state index contributed by atoms with van der Waals surface area (Å²) in [6.45, 7) is 0. The average Bonchev–Trinajstić information content (AvgIpc) is 2.36. The first-order valence-electron chi connectivity index (χ1n) is 3.89. The van der Waals surface area contributed by atoms with Crippen molar-refractivity contribution >= 4 is 25.1 Å². The Hall–Kier alpha value is -1.67. The van der Waals surface area contributed by atoms with Crippen LogP contribution in [0.15, 0.2) is 0 Å². The molecule has 0 aromatic carbocycles. The fourth-order valence-corrected chi connectivity index (χ4v) is 0.306. The number of carbonyl (C=O) groups excluding carboxylic acids is 4. The molecule has 4 nitrogen and oxygen atoms in total. The van der Waals surface area contributed by atoms with Gasteiger partial charge in [0.05, 0.1) is 0 Å². The monoisotopic (exact) mass is 262 g/mol. The molecule has 0 rings (SSSR count). The molecule has 0 aliphatic carbocycles. The van der Waals surface area contributed by atoms with Gasteiger partial charge in [-0.1, -0.05) is 0 Å². The van der Waals surface area contributed by atoms with Crippen LogP contribution in [0.3, 0.4) is 0 Å². The Morgan fingerprint density at radius 3 is 1.24 bits per heavy atom. The van der Waals surface area contributed by atoms with Gasteiger partial charge in [0.15, 0.2) is 37.5 Å². The number of rotatable bonds is 6. The zero-order valence-corrected chi connectivity index (χ0v) is 8.06. The van der Waals surface area contributed by atoms with Crippen LogP contribution in [-0.4, -0.2) is 49.6 Å². The van der Waals surface area contributed by atoms with E-state index in [0.717, 1.165) is 0 Å². The third-order valence-electron chi connectivity index (χ3n) is 1.21. The molecule has 0 N–H and O–H groups in total. The molecule has 3 atom stereocenters. The van der Waals surface area contributed by atoms with E-state index in [1.807, 2.05) is 0 Å². The smallest absolute Gasteiger partial charge is 0.300 e. The van der Waals surface area contributed by atoms with Gasteiger partial charge < -0.3 is 0 Å². The summed E-state index contributed by atoms with van der Waals surface area (Å²) >= 11 is 0. The maximum Gasteiger partial charge on any atom is 0.339 e. The number of carbonyl (C=O) groups is 4. The summed E-state index contributed by atoms with van der Waals surface area (Å²) in [5.74, 6) is -4.16. The lowest BCUT2D eigenvalue weighted by atomic mass is 10.2. The van der Waals surface area contributed by atoms with Crippen LogP contribution in [0, 0.1) is 0 Å². The quantitative estimate of drug-likeness (QED) is 0.514. The predicted molar refractivity (Wildman–Crippen MR) is 43.9 cm³/mol. The van der Waals surface area contributed by atoms with Crippen molar-refractivity contribution in [1.82, 2.24) is 0 Å². The van der Waals surface area contributed by atoms with Crippen LogP contribution in [0.2, 0.25) is 0 Å². The number of alkyl halides is 5. The van der Waals surface area contributed by atoms with Crippen molar-refractivity contribution in [2.45, 2.75) is 24.4 Å². The molecule has 0 radical (unpaired) electrons. The van der Waals surface area contributed by atoms with Gasteiger partial charge in [0.1, 0.15) is 0 Å². The van der Waals surface area contributed by atoms with E-state index < -0.39 is 37.0 Å². The lowest BCUT2D eigenvalue weighted by Crippen LogP contribution is -2.32. The first-order valence-corrected chi connectivity index (χ1v) is 3.89. The van der Waals surface area contributed by atoms with Gasteiger partial charge in [0, 0.05) is 0 Å². The van der Waals surface area contributed by atoms with Crippen molar-refractivity contribution in [1.29, 1.82) is 0 Å². The van der Waals surface area contributed by atoms with Gasteiger partial charge in [-0.2, -0.15) is 8.78 Å². The van der Waals surface area contributed by atoms with Gasteiger partial charge in [-0.3, -0.25) is 19.2 Å². The molecule has 98 valence electrons. The molecular weight excluding hydrogens is 255 g/mol. The second-order valence-electron chi connectivity index (χ2n) is 2.49. The van der Waals surface area contributed by atoms with Crippen molar-refractivity contribution in [3.63, 3.8) is 0 Å². The molecule has 17 heavy (non-hydrogen) atoms. The van der Waals surface area contributed by atoms with Crippen LogP contribution in [0.1, 0.15) is 0 Å². The van der Waals surface area contributed by atoms with Crippen molar-refractivity contribution in [2.24, 2.45) is 0 Å². The zero-order valence-electron chi connectivity index (χ0n) is 8.06. The molecule has 0 saturated carbocycles. The Bertz CT molecular complexity index is 259. The van der Waals surface area contributed by atoms with E-state index in [1.54, 1.807) is 0 Å². The number of hydrogen-bond acceptors (Lipinski definition) is 4. The van der Waals surface area contributed by atoms with Gasteiger partial charge >= 0.3 is 5.92 Å². The fraction of sp³-hybridized carbons (Fsp3) is 0.500. The van der Waals surface area contributed by atoms with Gasteiger partial charge in [0.25, 0.3) is 0 Å². The normalized spacial score (nSPS) is 15.6. The number of halogens is 5. The summed E-state index contributed by atoms with van der Waals surface area (Å²) in [4.78, 5) is 37.2. The van der Waals surface area contributed by atoms with Crippen LogP contribution in [-0.2, 0) is 19.2 Å². The van der Waals surface area contributed by atoms with Gasteiger partial charge in [-0.05, 0) is 0 Å². The molecule has 0 saturated heterocycles. The Balaban J connectivity index is 0. The van der Waals surface area contributed by atoms with E-state index in [1.165, 1.54) is 0 Å². The van der Waals surface area contributed by atoms with E-state index in [4.69, 9.17) is 0 Å². The fourth-order valence-electron chi connectivity index (χ4n) is 0.306. The Morgan fingerprint density at radius 1 is 0.765 bits per heavy atom. The second kappa shape index (κ2) is 8.48. The van der Waals surface area contributed by atoms with E-state index >= 15 is 0 Å². The zero-order chi connectivity index (χ0) is 14.1. The minimum absolute atomic E-state index is 0.251. The van der Waals surface area contributed by atoms with E-state index in [2.05, 4.69) is 0 Å². The molecule has 0 bridgehead atoms. The first-order chi connectivity index (χ1) is 7.76. The molecule has 9 heteroatoms. The molecule has 0 aromatic heterocycles. The third-order valence-corrected chi connectivity index (χ3v) is 1.21. The summed E-state index contributed by atoms with van der Waals surface area (Å²) in [7, 11) is 0. The summed E-state index contributed by atoms with van der Waals surface area (Å²) < 4.78 is 57.8. The Morgan fingerprint density at radius 2 is 1.12 bits per heavy atom. The Kier molecular flexibility index (Phi) is 8.84. The number of hydrogen-bond donors (Lipinski definition) is 0. The maximum atomic E-state index is 11.6. The van der Waals surface area contributed by atoms with Crippen molar-refractivity contribution < 1.29 is 41.1 Å². The van der Waals surface area contributed by atoms with Gasteiger partial charge in [-0.25, -0.2) is 13.2 Å². The molecule has 0 amide bonds.